The van der Waals surface area contributed by atoms with E-state index in [4.69, 9.17) is 0 Å². The highest BCUT2D eigenvalue weighted by Crippen LogP contribution is 2.30. The van der Waals surface area contributed by atoms with E-state index in [0.717, 1.165) is 12.6 Å². The average molecular weight is 255 g/mol. The predicted octanol–water partition coefficient (Wildman–Crippen LogP) is 4.22. The maximum atomic E-state index is 13.9. The molecule has 18 heavy (non-hydrogen) atoms. The van der Waals surface area contributed by atoms with Crippen LogP contribution in [0.3, 0.4) is 0 Å². The van der Waals surface area contributed by atoms with Crippen molar-refractivity contribution in [1.82, 2.24) is 5.32 Å². The molecule has 0 aromatic heterocycles. The molecule has 0 aliphatic carbocycles. The van der Waals surface area contributed by atoms with E-state index in [-0.39, 0.29) is 12.0 Å². The van der Waals surface area contributed by atoms with Gasteiger partial charge in [0.2, 0.25) is 0 Å². The van der Waals surface area contributed by atoms with Gasteiger partial charge in [-0.1, -0.05) is 27.7 Å². The second kappa shape index (κ2) is 6.28. The minimum atomic E-state index is -0.483. The van der Waals surface area contributed by atoms with Crippen molar-refractivity contribution < 1.29 is 8.78 Å². The number of rotatable bonds is 5. The lowest BCUT2D eigenvalue weighted by Gasteiger charge is -2.28. The molecule has 0 amide bonds. The van der Waals surface area contributed by atoms with E-state index in [0.29, 0.717) is 17.0 Å². The first-order valence-electron chi connectivity index (χ1n) is 6.57. The number of nitrogens with one attached hydrogen (secondary N) is 1. The maximum Gasteiger partial charge on any atom is 0.130 e. The molecule has 0 saturated heterocycles. The smallest absolute Gasteiger partial charge is 0.130 e. The molecule has 0 aliphatic rings. The minimum absolute atomic E-state index is 0.0747. The summed E-state index contributed by atoms with van der Waals surface area (Å²) in [6, 6.07) is 2.54. The molecule has 0 bridgehead atoms. The second-order valence-electron chi connectivity index (χ2n) is 5.26. The van der Waals surface area contributed by atoms with Gasteiger partial charge in [0.05, 0.1) is 0 Å². The molecule has 1 nitrogen and oxygen atoms in total. The summed E-state index contributed by atoms with van der Waals surface area (Å²) >= 11 is 0. The molecule has 0 aliphatic heterocycles. The lowest BCUT2D eigenvalue weighted by Crippen LogP contribution is -2.30. The zero-order chi connectivity index (χ0) is 13.9. The standard InChI is InChI=1S/C15H23F2N/c1-6-18-15(11(5)9(2)3)12-7-10(4)13(16)8-14(12)17/h7-9,11,15,18H,6H2,1-5H3. The highest BCUT2D eigenvalue weighted by atomic mass is 19.1. The fourth-order valence-corrected chi connectivity index (χ4v) is 2.10. The fraction of sp³-hybridized carbons (Fsp3) is 0.600. The van der Waals surface area contributed by atoms with E-state index in [1.54, 1.807) is 13.0 Å². The molecule has 0 fully saturated rings. The summed E-state index contributed by atoms with van der Waals surface area (Å²) in [5.74, 6) is -0.233. The molecule has 3 heteroatoms. The Balaban J connectivity index is 3.17. The van der Waals surface area contributed by atoms with Crippen molar-refractivity contribution in [2.45, 2.75) is 40.7 Å². The van der Waals surface area contributed by atoms with Crippen molar-refractivity contribution in [3.05, 3.63) is 34.9 Å². The molecule has 2 unspecified atom stereocenters. The summed E-state index contributed by atoms with van der Waals surface area (Å²) < 4.78 is 27.3. The largest absolute Gasteiger partial charge is 0.310 e. The monoisotopic (exact) mass is 255 g/mol. The van der Waals surface area contributed by atoms with E-state index in [1.807, 2.05) is 6.92 Å². The summed E-state index contributed by atoms with van der Waals surface area (Å²) in [4.78, 5) is 0. The first-order chi connectivity index (χ1) is 8.38. The Labute approximate surface area is 109 Å². The van der Waals surface area contributed by atoms with Crippen molar-refractivity contribution in [2.75, 3.05) is 6.54 Å². The van der Waals surface area contributed by atoms with Crippen LogP contribution < -0.4 is 5.32 Å². The number of hydrogen-bond acceptors (Lipinski definition) is 1. The van der Waals surface area contributed by atoms with Crippen molar-refractivity contribution in [3.63, 3.8) is 0 Å². The Bertz CT molecular complexity index is 402. The molecule has 2 atom stereocenters. The van der Waals surface area contributed by atoms with Crippen molar-refractivity contribution in [3.8, 4) is 0 Å². The number of halogens is 2. The third-order valence-corrected chi connectivity index (χ3v) is 3.61. The molecule has 1 rings (SSSR count). The van der Waals surface area contributed by atoms with Crippen LogP contribution in [0.1, 0.15) is 44.9 Å². The van der Waals surface area contributed by atoms with Crippen LogP contribution in [-0.2, 0) is 0 Å². The van der Waals surface area contributed by atoms with Gasteiger partial charge in [-0.05, 0) is 36.9 Å². The Kier molecular flexibility index (Phi) is 5.27. The van der Waals surface area contributed by atoms with Gasteiger partial charge >= 0.3 is 0 Å². The number of hydrogen-bond donors (Lipinski definition) is 1. The third kappa shape index (κ3) is 3.29. The second-order valence-corrected chi connectivity index (χ2v) is 5.26. The van der Waals surface area contributed by atoms with Crippen LogP contribution >= 0.6 is 0 Å². The lowest BCUT2D eigenvalue weighted by molar-refractivity contribution is 0.300. The van der Waals surface area contributed by atoms with Gasteiger partial charge < -0.3 is 5.32 Å². The van der Waals surface area contributed by atoms with Gasteiger partial charge in [0.1, 0.15) is 11.6 Å². The number of benzene rings is 1. The Morgan fingerprint density at radius 1 is 1.11 bits per heavy atom. The van der Waals surface area contributed by atoms with Crippen LogP contribution in [0.25, 0.3) is 0 Å². The molecule has 1 aromatic carbocycles. The predicted molar refractivity (Wildman–Crippen MR) is 71.5 cm³/mol. The first-order valence-corrected chi connectivity index (χ1v) is 6.57. The van der Waals surface area contributed by atoms with Crippen molar-refractivity contribution in [2.24, 2.45) is 11.8 Å². The molecule has 102 valence electrons. The summed E-state index contributed by atoms with van der Waals surface area (Å²) in [7, 11) is 0. The SMILES string of the molecule is CCNC(c1cc(C)c(F)cc1F)C(C)C(C)C. The Morgan fingerprint density at radius 2 is 1.72 bits per heavy atom. The van der Waals surface area contributed by atoms with E-state index >= 15 is 0 Å². The third-order valence-electron chi connectivity index (χ3n) is 3.61. The molecular formula is C15H23F2N. The average Bonchev–Trinajstić information content (AvgIpc) is 2.30. The van der Waals surface area contributed by atoms with Gasteiger partial charge in [0, 0.05) is 17.7 Å². The van der Waals surface area contributed by atoms with Gasteiger partial charge in [-0.15, -0.1) is 0 Å². The van der Waals surface area contributed by atoms with Crippen LogP contribution in [0, 0.1) is 30.4 Å². The van der Waals surface area contributed by atoms with Gasteiger partial charge in [-0.2, -0.15) is 0 Å². The van der Waals surface area contributed by atoms with Gasteiger partial charge in [-0.25, -0.2) is 8.78 Å². The molecule has 0 radical (unpaired) electrons. The highest BCUT2D eigenvalue weighted by Gasteiger charge is 2.24. The highest BCUT2D eigenvalue weighted by molar-refractivity contribution is 5.28. The zero-order valence-corrected chi connectivity index (χ0v) is 11.8. The van der Waals surface area contributed by atoms with Crippen molar-refractivity contribution >= 4 is 0 Å². The van der Waals surface area contributed by atoms with Crippen LogP contribution in [0.15, 0.2) is 12.1 Å². The molecule has 0 heterocycles. The molecule has 0 spiro atoms. The summed E-state index contributed by atoms with van der Waals surface area (Å²) in [5.41, 5.74) is 1.06. The van der Waals surface area contributed by atoms with E-state index in [2.05, 4.69) is 26.1 Å². The van der Waals surface area contributed by atoms with E-state index in [1.165, 1.54) is 0 Å². The summed E-state index contributed by atoms with van der Waals surface area (Å²) in [5, 5.41) is 3.31. The fourth-order valence-electron chi connectivity index (χ4n) is 2.10. The quantitative estimate of drug-likeness (QED) is 0.830. The minimum Gasteiger partial charge on any atom is -0.310 e. The van der Waals surface area contributed by atoms with Crippen LogP contribution in [-0.4, -0.2) is 6.54 Å². The van der Waals surface area contributed by atoms with E-state index < -0.39 is 11.6 Å². The summed E-state index contributed by atoms with van der Waals surface area (Å²) in [6.45, 7) is 10.7. The number of aryl methyl sites for hydroxylation is 1. The Hall–Kier alpha value is -0.960. The Morgan fingerprint density at radius 3 is 2.22 bits per heavy atom. The topological polar surface area (TPSA) is 12.0 Å². The van der Waals surface area contributed by atoms with Crippen LogP contribution in [0.4, 0.5) is 8.78 Å². The van der Waals surface area contributed by atoms with Gasteiger partial charge in [0.25, 0.3) is 0 Å². The lowest BCUT2D eigenvalue weighted by atomic mass is 9.85. The van der Waals surface area contributed by atoms with Crippen molar-refractivity contribution in [1.29, 1.82) is 0 Å². The molecule has 1 aromatic rings. The molecule has 0 saturated carbocycles. The maximum absolute atomic E-state index is 13.9. The summed E-state index contributed by atoms with van der Waals surface area (Å²) in [6.07, 6.45) is 0. The van der Waals surface area contributed by atoms with Crippen LogP contribution in [0.2, 0.25) is 0 Å². The van der Waals surface area contributed by atoms with Crippen LogP contribution in [0.5, 0.6) is 0 Å². The molecular weight excluding hydrogens is 232 g/mol. The first kappa shape index (κ1) is 15.1. The molecule has 1 N–H and O–H groups in total. The van der Waals surface area contributed by atoms with E-state index in [9.17, 15) is 8.78 Å². The normalized spacial score (nSPS) is 14.9. The zero-order valence-electron chi connectivity index (χ0n) is 11.8. The van der Waals surface area contributed by atoms with Gasteiger partial charge in [0.15, 0.2) is 0 Å². The van der Waals surface area contributed by atoms with Gasteiger partial charge in [-0.3, -0.25) is 0 Å².